The summed E-state index contributed by atoms with van der Waals surface area (Å²) in [6.07, 6.45) is 4.90. The van der Waals surface area contributed by atoms with Crippen LogP contribution >= 0.6 is 31.9 Å². The molecular weight excluding hydrogens is 374 g/mol. The van der Waals surface area contributed by atoms with Crippen LogP contribution in [-0.4, -0.2) is 9.97 Å². The lowest BCUT2D eigenvalue weighted by molar-refractivity contribution is 0.548. The number of hydrogen-bond donors (Lipinski definition) is 1. The minimum Gasteiger partial charge on any atom is -0.445 e. The van der Waals surface area contributed by atoms with E-state index in [1.165, 1.54) is 25.7 Å². The van der Waals surface area contributed by atoms with Crippen LogP contribution in [0.2, 0.25) is 0 Å². The van der Waals surface area contributed by atoms with E-state index in [-0.39, 0.29) is 0 Å². The molecule has 2 aromatic rings. The van der Waals surface area contributed by atoms with Crippen molar-refractivity contribution in [3.05, 3.63) is 27.0 Å². The molecule has 0 spiro atoms. The number of rotatable bonds is 2. The van der Waals surface area contributed by atoms with E-state index >= 15 is 0 Å². The number of aromatic nitrogens is 2. The van der Waals surface area contributed by atoms with E-state index in [1.54, 1.807) is 0 Å². The molecule has 2 aromatic heterocycles. The van der Waals surface area contributed by atoms with Crippen molar-refractivity contribution in [2.45, 2.75) is 31.6 Å². The van der Waals surface area contributed by atoms with Gasteiger partial charge < -0.3 is 10.2 Å². The van der Waals surface area contributed by atoms with E-state index in [0.717, 1.165) is 10.2 Å². The van der Waals surface area contributed by atoms with Gasteiger partial charge in [-0.15, -0.1) is 0 Å². The van der Waals surface area contributed by atoms with Crippen molar-refractivity contribution in [2.24, 2.45) is 0 Å². The summed E-state index contributed by atoms with van der Waals surface area (Å²) in [6.45, 7) is 0. The molecule has 1 saturated carbocycles. The van der Waals surface area contributed by atoms with Gasteiger partial charge in [0.2, 0.25) is 0 Å². The molecule has 100 valence electrons. The lowest BCUT2D eigenvalue weighted by Gasteiger charge is -2.09. The van der Waals surface area contributed by atoms with E-state index in [2.05, 4.69) is 41.8 Å². The predicted molar refractivity (Wildman–Crippen MR) is 80.8 cm³/mol. The van der Waals surface area contributed by atoms with Crippen molar-refractivity contribution in [1.29, 1.82) is 0 Å². The van der Waals surface area contributed by atoms with Crippen LogP contribution in [0.25, 0.3) is 11.6 Å². The summed E-state index contributed by atoms with van der Waals surface area (Å²) >= 11 is 6.71. The third-order valence-corrected chi connectivity index (χ3v) is 5.11. The van der Waals surface area contributed by atoms with Crippen LogP contribution in [-0.2, 0) is 0 Å². The highest BCUT2D eigenvalue weighted by Gasteiger charge is 2.21. The van der Waals surface area contributed by atoms with Crippen molar-refractivity contribution in [1.82, 2.24) is 9.97 Å². The van der Waals surface area contributed by atoms with Gasteiger partial charge in [-0.1, -0.05) is 12.8 Å². The number of nitrogen functional groups attached to an aromatic ring is 1. The van der Waals surface area contributed by atoms with Gasteiger partial charge in [0.15, 0.2) is 16.3 Å². The molecule has 4 nitrogen and oxygen atoms in total. The van der Waals surface area contributed by atoms with Crippen LogP contribution in [0.15, 0.2) is 25.7 Å². The van der Waals surface area contributed by atoms with Gasteiger partial charge in [-0.2, -0.15) is 0 Å². The molecular formula is C13H13Br2N3O. The first kappa shape index (κ1) is 13.1. The van der Waals surface area contributed by atoms with Gasteiger partial charge in [-0.05, 0) is 44.7 Å². The fourth-order valence-electron chi connectivity index (χ4n) is 2.48. The minimum absolute atomic E-state index is 0.496. The molecule has 0 atom stereocenters. The summed E-state index contributed by atoms with van der Waals surface area (Å²) in [4.78, 5) is 8.87. The Hall–Kier alpha value is -0.880. The standard InChI is InChI=1S/C13H13Br2N3O/c14-8-5-10(19-12(8)15)13-17-9(6-11(16)18-13)7-3-1-2-4-7/h5-7H,1-4H2,(H2,16,17,18). The molecule has 1 fully saturated rings. The molecule has 0 bridgehead atoms. The average molecular weight is 387 g/mol. The first-order valence-electron chi connectivity index (χ1n) is 6.23. The lowest BCUT2D eigenvalue weighted by atomic mass is 10.0. The highest BCUT2D eigenvalue weighted by atomic mass is 79.9. The molecule has 0 aliphatic heterocycles. The van der Waals surface area contributed by atoms with E-state index in [4.69, 9.17) is 10.2 Å². The number of nitrogens with two attached hydrogens (primary N) is 1. The summed E-state index contributed by atoms with van der Waals surface area (Å²) in [5.41, 5.74) is 6.92. The zero-order valence-electron chi connectivity index (χ0n) is 10.2. The Balaban J connectivity index is 2.01. The lowest BCUT2D eigenvalue weighted by Crippen LogP contribution is -2.03. The van der Waals surface area contributed by atoms with Crippen LogP contribution < -0.4 is 5.73 Å². The molecule has 0 radical (unpaired) electrons. The highest BCUT2D eigenvalue weighted by Crippen LogP contribution is 2.36. The SMILES string of the molecule is Nc1cc(C2CCCC2)nc(-c2cc(Br)c(Br)o2)n1. The van der Waals surface area contributed by atoms with Crippen LogP contribution in [0.4, 0.5) is 5.82 Å². The van der Waals surface area contributed by atoms with Gasteiger partial charge in [0.25, 0.3) is 0 Å². The second-order valence-electron chi connectivity index (χ2n) is 4.75. The maximum atomic E-state index is 5.89. The van der Waals surface area contributed by atoms with Crippen LogP contribution in [0.1, 0.15) is 37.3 Å². The molecule has 0 saturated heterocycles. The Labute approximate surface area is 128 Å². The molecule has 2 heterocycles. The normalized spacial score (nSPS) is 16.1. The largest absolute Gasteiger partial charge is 0.445 e. The van der Waals surface area contributed by atoms with E-state index in [0.29, 0.717) is 28.0 Å². The first-order valence-corrected chi connectivity index (χ1v) is 7.82. The summed E-state index contributed by atoms with van der Waals surface area (Å²) in [5, 5.41) is 0. The van der Waals surface area contributed by atoms with Gasteiger partial charge in [0.1, 0.15) is 5.82 Å². The summed E-state index contributed by atoms with van der Waals surface area (Å²) < 4.78 is 7.04. The summed E-state index contributed by atoms with van der Waals surface area (Å²) in [6, 6.07) is 3.73. The van der Waals surface area contributed by atoms with E-state index in [1.807, 2.05) is 12.1 Å². The van der Waals surface area contributed by atoms with Gasteiger partial charge in [-0.3, -0.25) is 0 Å². The van der Waals surface area contributed by atoms with Crippen molar-refractivity contribution in [3.8, 4) is 11.6 Å². The van der Waals surface area contributed by atoms with E-state index < -0.39 is 0 Å². The number of nitrogens with zero attached hydrogens (tertiary/aromatic N) is 2. The van der Waals surface area contributed by atoms with Crippen LogP contribution in [0.3, 0.4) is 0 Å². The Morgan fingerprint density at radius 2 is 1.89 bits per heavy atom. The zero-order valence-corrected chi connectivity index (χ0v) is 13.4. The number of hydrogen-bond acceptors (Lipinski definition) is 4. The zero-order chi connectivity index (χ0) is 13.4. The van der Waals surface area contributed by atoms with Crippen molar-refractivity contribution in [3.63, 3.8) is 0 Å². The fourth-order valence-corrected chi connectivity index (χ4v) is 3.06. The number of halogens is 2. The highest BCUT2D eigenvalue weighted by molar-refractivity contribution is 9.13. The van der Waals surface area contributed by atoms with Crippen molar-refractivity contribution >= 4 is 37.7 Å². The summed E-state index contributed by atoms with van der Waals surface area (Å²) in [5.74, 6) is 2.17. The maximum absolute atomic E-state index is 5.89. The first-order chi connectivity index (χ1) is 9.13. The predicted octanol–water partition coefficient (Wildman–Crippen LogP) is 4.50. The maximum Gasteiger partial charge on any atom is 0.197 e. The molecule has 0 aromatic carbocycles. The van der Waals surface area contributed by atoms with Crippen LogP contribution in [0.5, 0.6) is 0 Å². The Bertz CT molecular complexity index is 586. The Morgan fingerprint density at radius 3 is 2.53 bits per heavy atom. The van der Waals surface area contributed by atoms with Gasteiger partial charge in [0.05, 0.1) is 4.47 Å². The Kier molecular flexibility index (Phi) is 3.62. The molecule has 0 amide bonds. The molecule has 1 aliphatic rings. The second kappa shape index (κ2) is 5.25. The van der Waals surface area contributed by atoms with Crippen molar-refractivity contribution < 1.29 is 4.42 Å². The third-order valence-electron chi connectivity index (χ3n) is 3.40. The average Bonchev–Trinajstić information content (AvgIpc) is 3.00. The van der Waals surface area contributed by atoms with Crippen molar-refractivity contribution in [2.75, 3.05) is 5.73 Å². The number of furan rings is 1. The summed E-state index contributed by atoms with van der Waals surface area (Å²) in [7, 11) is 0. The van der Waals surface area contributed by atoms with Gasteiger partial charge in [0, 0.05) is 23.7 Å². The second-order valence-corrected chi connectivity index (χ2v) is 6.33. The smallest absolute Gasteiger partial charge is 0.197 e. The molecule has 19 heavy (non-hydrogen) atoms. The molecule has 3 rings (SSSR count). The Morgan fingerprint density at radius 1 is 1.16 bits per heavy atom. The van der Waals surface area contributed by atoms with Gasteiger partial charge in [-0.25, -0.2) is 9.97 Å². The molecule has 1 aliphatic carbocycles. The van der Waals surface area contributed by atoms with Crippen LogP contribution in [0, 0.1) is 0 Å². The fraction of sp³-hybridized carbons (Fsp3) is 0.385. The van der Waals surface area contributed by atoms with E-state index in [9.17, 15) is 0 Å². The third kappa shape index (κ3) is 2.69. The monoisotopic (exact) mass is 385 g/mol. The topological polar surface area (TPSA) is 64.9 Å². The van der Waals surface area contributed by atoms with Gasteiger partial charge >= 0.3 is 0 Å². The number of anilines is 1. The molecule has 6 heteroatoms. The minimum atomic E-state index is 0.496. The quantitative estimate of drug-likeness (QED) is 0.824. The molecule has 2 N–H and O–H groups in total. The molecule has 0 unspecified atom stereocenters.